The summed E-state index contributed by atoms with van der Waals surface area (Å²) >= 11 is 0. The fraction of sp³-hybridized carbons (Fsp3) is 0.143. The van der Waals surface area contributed by atoms with Crippen LogP contribution in [0, 0.1) is 0 Å². The van der Waals surface area contributed by atoms with Crippen molar-refractivity contribution >= 4 is 10.1 Å². The van der Waals surface area contributed by atoms with Gasteiger partial charge in [-0.25, -0.2) is 0 Å². The molecular formula is C14H11F3O5S. The lowest BCUT2D eigenvalue weighted by molar-refractivity contribution is -0.274. The molecule has 124 valence electrons. The maximum atomic E-state index is 12.1. The Morgan fingerprint density at radius 3 is 2.00 bits per heavy atom. The van der Waals surface area contributed by atoms with Gasteiger partial charge >= 0.3 is 16.5 Å². The molecule has 0 aliphatic rings. The van der Waals surface area contributed by atoms with Gasteiger partial charge in [0.25, 0.3) is 0 Å². The minimum Gasteiger partial charge on any atom is -0.493 e. The quantitative estimate of drug-likeness (QED) is 0.776. The lowest BCUT2D eigenvalue weighted by Crippen LogP contribution is -2.17. The highest BCUT2D eigenvalue weighted by molar-refractivity contribution is 7.87. The lowest BCUT2D eigenvalue weighted by Gasteiger charge is -2.11. The third-order valence-corrected chi connectivity index (χ3v) is 3.86. The summed E-state index contributed by atoms with van der Waals surface area (Å²) in [5.41, 5.74) is 0. The molecule has 0 amide bonds. The summed E-state index contributed by atoms with van der Waals surface area (Å²) in [7, 11) is -2.88. The van der Waals surface area contributed by atoms with Crippen LogP contribution in [0.25, 0.3) is 0 Å². The summed E-state index contributed by atoms with van der Waals surface area (Å²) in [4.78, 5) is -0.321. The number of rotatable bonds is 5. The summed E-state index contributed by atoms with van der Waals surface area (Å²) in [5.74, 6) is -0.368. The van der Waals surface area contributed by atoms with Gasteiger partial charge in [0.05, 0.1) is 7.11 Å². The highest BCUT2D eigenvalue weighted by Gasteiger charge is 2.31. The molecule has 0 aliphatic carbocycles. The lowest BCUT2D eigenvalue weighted by atomic mass is 10.3. The third-order valence-electron chi connectivity index (χ3n) is 2.61. The van der Waals surface area contributed by atoms with Gasteiger partial charge in [0, 0.05) is 0 Å². The summed E-state index contributed by atoms with van der Waals surface area (Å²) in [6.45, 7) is 0. The smallest absolute Gasteiger partial charge is 0.493 e. The number of hydrogen-bond acceptors (Lipinski definition) is 5. The molecule has 2 aromatic rings. The minimum absolute atomic E-state index is 0.0365. The van der Waals surface area contributed by atoms with E-state index in [0.717, 1.165) is 24.3 Å². The maximum absolute atomic E-state index is 12.1. The molecule has 0 aliphatic heterocycles. The van der Waals surface area contributed by atoms with Gasteiger partial charge in [0.2, 0.25) is 0 Å². The fourth-order valence-corrected chi connectivity index (χ4v) is 2.60. The number of para-hydroxylation sites is 2. The Hall–Kier alpha value is -2.42. The Morgan fingerprint density at radius 2 is 1.48 bits per heavy atom. The molecule has 0 heterocycles. The first-order chi connectivity index (χ1) is 10.7. The molecule has 5 nitrogen and oxygen atoms in total. The number of benzene rings is 2. The predicted octanol–water partition coefficient (Wildman–Crippen LogP) is 3.36. The van der Waals surface area contributed by atoms with Crippen molar-refractivity contribution in [2.75, 3.05) is 7.11 Å². The van der Waals surface area contributed by atoms with E-state index < -0.39 is 22.2 Å². The van der Waals surface area contributed by atoms with Crippen LogP contribution in [0.2, 0.25) is 0 Å². The SMILES string of the molecule is COc1ccccc1OS(=O)(=O)c1ccc(OC(F)(F)F)cc1. The Morgan fingerprint density at radius 1 is 0.913 bits per heavy atom. The molecule has 0 aromatic heterocycles. The van der Waals surface area contributed by atoms with Crippen LogP contribution in [0.3, 0.4) is 0 Å². The molecule has 0 spiro atoms. The Labute approximate surface area is 130 Å². The zero-order valence-electron chi connectivity index (χ0n) is 11.7. The van der Waals surface area contributed by atoms with E-state index >= 15 is 0 Å². The Kier molecular flexibility index (Phi) is 4.69. The largest absolute Gasteiger partial charge is 0.573 e. The van der Waals surface area contributed by atoms with E-state index in [-0.39, 0.29) is 16.4 Å². The molecule has 0 bridgehead atoms. The maximum Gasteiger partial charge on any atom is 0.573 e. The number of methoxy groups -OCH3 is 1. The summed E-state index contributed by atoms with van der Waals surface area (Å²) in [6, 6.07) is 9.73. The van der Waals surface area contributed by atoms with Crippen molar-refractivity contribution in [2.45, 2.75) is 11.3 Å². The van der Waals surface area contributed by atoms with Gasteiger partial charge in [0.1, 0.15) is 10.6 Å². The zero-order valence-corrected chi connectivity index (χ0v) is 12.5. The molecule has 0 N–H and O–H groups in total. The van der Waals surface area contributed by atoms with Crippen LogP contribution in [0.5, 0.6) is 17.2 Å². The van der Waals surface area contributed by atoms with Crippen molar-refractivity contribution in [3.8, 4) is 17.2 Å². The van der Waals surface area contributed by atoms with Crippen molar-refractivity contribution in [3.63, 3.8) is 0 Å². The van der Waals surface area contributed by atoms with E-state index in [1.165, 1.54) is 19.2 Å². The molecule has 23 heavy (non-hydrogen) atoms. The summed E-state index contributed by atoms with van der Waals surface area (Å²) in [6.07, 6.45) is -4.85. The second kappa shape index (κ2) is 6.37. The Bertz CT molecular complexity index is 770. The molecule has 2 rings (SSSR count). The second-order valence-corrected chi connectivity index (χ2v) is 5.75. The first-order valence-corrected chi connectivity index (χ1v) is 7.55. The van der Waals surface area contributed by atoms with Crippen molar-refractivity contribution in [1.29, 1.82) is 0 Å². The number of hydrogen-bond donors (Lipinski definition) is 0. The van der Waals surface area contributed by atoms with Crippen LogP contribution < -0.4 is 13.7 Å². The van der Waals surface area contributed by atoms with Gasteiger partial charge in [-0.05, 0) is 36.4 Å². The molecule has 0 saturated heterocycles. The van der Waals surface area contributed by atoms with Crippen LogP contribution in [-0.2, 0) is 10.1 Å². The van der Waals surface area contributed by atoms with Crippen LogP contribution in [0.1, 0.15) is 0 Å². The number of ether oxygens (including phenoxy) is 2. The van der Waals surface area contributed by atoms with E-state index in [1.54, 1.807) is 12.1 Å². The van der Waals surface area contributed by atoms with Gasteiger partial charge in [-0.3, -0.25) is 0 Å². The van der Waals surface area contributed by atoms with Gasteiger partial charge in [-0.15, -0.1) is 13.2 Å². The highest BCUT2D eigenvalue weighted by atomic mass is 32.2. The van der Waals surface area contributed by atoms with Crippen molar-refractivity contribution in [3.05, 3.63) is 48.5 Å². The predicted molar refractivity (Wildman–Crippen MR) is 73.9 cm³/mol. The molecule has 9 heteroatoms. The normalized spacial score (nSPS) is 11.8. The fourth-order valence-electron chi connectivity index (χ4n) is 1.66. The summed E-state index contributed by atoms with van der Waals surface area (Å²) in [5, 5.41) is 0. The topological polar surface area (TPSA) is 61.8 Å². The van der Waals surface area contributed by atoms with E-state index in [0.29, 0.717) is 0 Å². The van der Waals surface area contributed by atoms with Crippen LogP contribution >= 0.6 is 0 Å². The average molecular weight is 348 g/mol. The van der Waals surface area contributed by atoms with Crippen molar-refractivity contribution < 1.29 is 35.2 Å². The van der Waals surface area contributed by atoms with E-state index in [9.17, 15) is 21.6 Å². The van der Waals surface area contributed by atoms with Gasteiger partial charge in [-0.2, -0.15) is 8.42 Å². The Balaban J connectivity index is 2.23. The molecular weight excluding hydrogens is 337 g/mol. The van der Waals surface area contributed by atoms with Gasteiger partial charge in [-0.1, -0.05) is 12.1 Å². The molecule has 0 saturated carbocycles. The van der Waals surface area contributed by atoms with E-state index in [4.69, 9.17) is 8.92 Å². The van der Waals surface area contributed by atoms with Crippen LogP contribution in [-0.4, -0.2) is 21.9 Å². The minimum atomic E-state index is -4.85. The first kappa shape index (κ1) is 16.9. The standard InChI is InChI=1S/C14H11F3O5S/c1-20-12-4-2-3-5-13(12)22-23(18,19)11-8-6-10(7-9-11)21-14(15,16)17/h2-9H,1H3. The first-order valence-electron chi connectivity index (χ1n) is 6.14. The molecule has 0 fully saturated rings. The van der Waals surface area contributed by atoms with Gasteiger partial charge in [0.15, 0.2) is 11.5 Å². The molecule has 0 radical (unpaired) electrons. The molecule has 0 unspecified atom stereocenters. The second-order valence-electron chi connectivity index (χ2n) is 4.21. The molecule has 0 atom stereocenters. The highest BCUT2D eigenvalue weighted by Crippen LogP contribution is 2.30. The number of alkyl halides is 3. The molecule has 2 aromatic carbocycles. The zero-order chi connectivity index (χ0) is 17.1. The van der Waals surface area contributed by atoms with E-state index in [2.05, 4.69) is 4.74 Å². The van der Waals surface area contributed by atoms with Crippen molar-refractivity contribution in [2.24, 2.45) is 0 Å². The van der Waals surface area contributed by atoms with Crippen LogP contribution in [0.4, 0.5) is 13.2 Å². The van der Waals surface area contributed by atoms with Gasteiger partial charge < -0.3 is 13.7 Å². The van der Waals surface area contributed by atoms with Crippen molar-refractivity contribution in [1.82, 2.24) is 0 Å². The average Bonchev–Trinajstić information content (AvgIpc) is 2.46. The van der Waals surface area contributed by atoms with E-state index in [1.807, 2.05) is 0 Å². The van der Waals surface area contributed by atoms with Crippen LogP contribution in [0.15, 0.2) is 53.4 Å². The monoisotopic (exact) mass is 348 g/mol. The number of halogens is 3. The summed E-state index contributed by atoms with van der Waals surface area (Å²) < 4.78 is 74.0. The third kappa shape index (κ3) is 4.52.